The smallest absolute Gasteiger partial charge is 0.303 e. The molecule has 1 N–H and O–H groups in total. The molecule has 0 fully saturated rings. The van der Waals surface area contributed by atoms with Gasteiger partial charge >= 0.3 is 5.97 Å². The van der Waals surface area contributed by atoms with Crippen LogP contribution in [0.2, 0.25) is 0 Å². The van der Waals surface area contributed by atoms with Crippen molar-refractivity contribution in [2.24, 2.45) is 0 Å². The lowest BCUT2D eigenvalue weighted by Gasteiger charge is -2.13. The molecule has 0 unspecified atom stereocenters. The van der Waals surface area contributed by atoms with E-state index in [-0.39, 0.29) is 12.3 Å². The van der Waals surface area contributed by atoms with Crippen LogP contribution in [0.1, 0.15) is 50.2 Å². The lowest BCUT2D eigenvalue weighted by molar-refractivity contribution is -0.137. The van der Waals surface area contributed by atoms with Crippen molar-refractivity contribution in [3.63, 3.8) is 0 Å². The van der Waals surface area contributed by atoms with Gasteiger partial charge < -0.3 is 14.6 Å². The van der Waals surface area contributed by atoms with Gasteiger partial charge in [-0.05, 0) is 63.7 Å². The number of rotatable bonds is 10. The van der Waals surface area contributed by atoms with Gasteiger partial charge in [0, 0.05) is 0 Å². The SMILES string of the molecule is CCCCOc1cc(COc2cccc([C@H](C)CC(=O)O)c2)ccc1Br. The Kier molecular flexibility index (Phi) is 7.98. The third kappa shape index (κ3) is 6.37. The predicted molar refractivity (Wildman–Crippen MR) is 106 cm³/mol. The normalized spacial score (nSPS) is 11.8. The van der Waals surface area contributed by atoms with Crippen LogP contribution in [0.3, 0.4) is 0 Å². The Bertz CT molecular complexity index is 730. The van der Waals surface area contributed by atoms with Crippen molar-refractivity contribution in [1.82, 2.24) is 0 Å². The zero-order valence-corrected chi connectivity index (χ0v) is 16.8. The van der Waals surface area contributed by atoms with Crippen LogP contribution in [0.15, 0.2) is 46.9 Å². The van der Waals surface area contributed by atoms with E-state index in [4.69, 9.17) is 14.6 Å². The first-order valence-electron chi connectivity index (χ1n) is 8.85. The van der Waals surface area contributed by atoms with Crippen LogP contribution in [-0.4, -0.2) is 17.7 Å². The Hall–Kier alpha value is -2.01. The van der Waals surface area contributed by atoms with Gasteiger partial charge in [0.05, 0.1) is 17.5 Å². The molecule has 2 rings (SSSR count). The third-order valence-corrected chi connectivity index (χ3v) is 4.72. The van der Waals surface area contributed by atoms with Gasteiger partial charge in [0.15, 0.2) is 0 Å². The van der Waals surface area contributed by atoms with E-state index >= 15 is 0 Å². The van der Waals surface area contributed by atoms with Gasteiger partial charge in [0.25, 0.3) is 0 Å². The number of carbonyl (C=O) groups is 1. The Morgan fingerprint density at radius 2 is 2.00 bits per heavy atom. The average Bonchev–Trinajstić information content (AvgIpc) is 2.62. The fraction of sp³-hybridized carbons (Fsp3) is 0.381. The summed E-state index contributed by atoms with van der Waals surface area (Å²) in [5.41, 5.74) is 1.98. The molecule has 0 aliphatic carbocycles. The molecule has 2 aromatic carbocycles. The zero-order chi connectivity index (χ0) is 18.9. The van der Waals surface area contributed by atoms with E-state index in [1.54, 1.807) is 0 Å². The number of aliphatic carboxylic acids is 1. The molecule has 0 heterocycles. The molecule has 0 aliphatic heterocycles. The number of benzene rings is 2. The van der Waals surface area contributed by atoms with Crippen LogP contribution < -0.4 is 9.47 Å². The fourth-order valence-corrected chi connectivity index (χ4v) is 2.89. The van der Waals surface area contributed by atoms with Gasteiger partial charge in [0.2, 0.25) is 0 Å². The molecule has 4 nitrogen and oxygen atoms in total. The summed E-state index contributed by atoms with van der Waals surface area (Å²) in [6.07, 6.45) is 2.22. The number of hydrogen-bond acceptors (Lipinski definition) is 3. The van der Waals surface area contributed by atoms with Gasteiger partial charge in [-0.25, -0.2) is 0 Å². The molecule has 5 heteroatoms. The first kappa shape index (κ1) is 20.3. The van der Waals surface area contributed by atoms with E-state index in [0.717, 1.165) is 39.9 Å². The highest BCUT2D eigenvalue weighted by Crippen LogP contribution is 2.28. The quantitative estimate of drug-likeness (QED) is 0.494. The van der Waals surface area contributed by atoms with Crippen LogP contribution in [-0.2, 0) is 11.4 Å². The molecule has 0 radical (unpaired) electrons. The Labute approximate surface area is 163 Å². The molecule has 0 saturated carbocycles. The second kappa shape index (κ2) is 10.2. The topological polar surface area (TPSA) is 55.8 Å². The molecular formula is C21H25BrO4. The van der Waals surface area contributed by atoms with E-state index in [1.165, 1.54) is 0 Å². The Balaban J connectivity index is 2.00. The zero-order valence-electron chi connectivity index (χ0n) is 15.2. The summed E-state index contributed by atoms with van der Waals surface area (Å²) < 4.78 is 12.6. The van der Waals surface area contributed by atoms with Crippen molar-refractivity contribution in [1.29, 1.82) is 0 Å². The second-order valence-corrected chi connectivity index (χ2v) is 7.18. The molecule has 1 atom stereocenters. The molecule has 0 amide bonds. The molecule has 0 aromatic heterocycles. The van der Waals surface area contributed by atoms with E-state index in [9.17, 15) is 4.79 Å². The molecule has 2 aromatic rings. The molecule has 0 aliphatic rings. The summed E-state index contributed by atoms with van der Waals surface area (Å²) >= 11 is 3.51. The van der Waals surface area contributed by atoms with E-state index in [1.807, 2.05) is 49.4 Å². The van der Waals surface area contributed by atoms with Crippen molar-refractivity contribution in [3.05, 3.63) is 58.1 Å². The van der Waals surface area contributed by atoms with Crippen molar-refractivity contribution < 1.29 is 19.4 Å². The number of carboxylic acids is 1. The van der Waals surface area contributed by atoms with Gasteiger partial charge in [-0.1, -0.05) is 38.5 Å². The molecule has 140 valence electrons. The molecular weight excluding hydrogens is 396 g/mol. The third-order valence-electron chi connectivity index (χ3n) is 4.06. The molecule has 26 heavy (non-hydrogen) atoms. The maximum Gasteiger partial charge on any atom is 0.303 e. The maximum absolute atomic E-state index is 10.9. The van der Waals surface area contributed by atoms with E-state index in [0.29, 0.717) is 13.2 Å². The van der Waals surface area contributed by atoms with Crippen molar-refractivity contribution in [2.45, 2.75) is 45.6 Å². The number of halogens is 1. The first-order valence-corrected chi connectivity index (χ1v) is 9.64. The van der Waals surface area contributed by atoms with Crippen LogP contribution in [0, 0.1) is 0 Å². The largest absolute Gasteiger partial charge is 0.492 e. The van der Waals surface area contributed by atoms with Gasteiger partial charge in [-0.2, -0.15) is 0 Å². The van der Waals surface area contributed by atoms with Crippen molar-refractivity contribution >= 4 is 21.9 Å². The Morgan fingerprint density at radius 3 is 2.73 bits per heavy atom. The molecule has 0 bridgehead atoms. The summed E-state index contributed by atoms with van der Waals surface area (Å²) in [4.78, 5) is 10.9. The summed E-state index contributed by atoms with van der Waals surface area (Å²) in [7, 11) is 0. The minimum Gasteiger partial charge on any atom is -0.492 e. The highest BCUT2D eigenvalue weighted by atomic mass is 79.9. The van der Waals surface area contributed by atoms with Crippen LogP contribution in [0.4, 0.5) is 0 Å². The molecule has 0 spiro atoms. The summed E-state index contributed by atoms with van der Waals surface area (Å²) in [5.74, 6) is 0.705. The van der Waals surface area contributed by atoms with Crippen LogP contribution in [0.25, 0.3) is 0 Å². The lowest BCUT2D eigenvalue weighted by Crippen LogP contribution is -2.03. The van der Waals surface area contributed by atoms with Gasteiger partial charge in [0.1, 0.15) is 18.1 Å². The number of ether oxygens (including phenoxy) is 2. The monoisotopic (exact) mass is 420 g/mol. The summed E-state index contributed by atoms with van der Waals surface area (Å²) in [5, 5.41) is 8.95. The van der Waals surface area contributed by atoms with Gasteiger partial charge in [-0.3, -0.25) is 4.79 Å². The number of hydrogen-bond donors (Lipinski definition) is 1. The first-order chi connectivity index (χ1) is 12.5. The van der Waals surface area contributed by atoms with Crippen molar-refractivity contribution in [2.75, 3.05) is 6.61 Å². The Morgan fingerprint density at radius 1 is 1.19 bits per heavy atom. The average molecular weight is 421 g/mol. The summed E-state index contributed by atoms with van der Waals surface area (Å²) in [6, 6.07) is 13.6. The standard InChI is InChI=1S/C21H25BrO4/c1-3-4-10-25-20-12-16(8-9-19(20)22)14-26-18-7-5-6-17(13-18)15(2)11-21(23)24/h5-9,12-13,15H,3-4,10-11,14H2,1-2H3,(H,23,24)/t15-/m1/s1. The fourth-order valence-electron chi connectivity index (χ4n) is 2.53. The maximum atomic E-state index is 10.9. The summed E-state index contributed by atoms with van der Waals surface area (Å²) in [6.45, 7) is 5.16. The van der Waals surface area contributed by atoms with Crippen LogP contribution in [0.5, 0.6) is 11.5 Å². The van der Waals surface area contributed by atoms with Crippen molar-refractivity contribution in [3.8, 4) is 11.5 Å². The highest BCUT2D eigenvalue weighted by molar-refractivity contribution is 9.10. The minimum atomic E-state index is -0.797. The lowest BCUT2D eigenvalue weighted by atomic mass is 9.98. The number of carboxylic acid groups (broad SMARTS) is 1. The van der Waals surface area contributed by atoms with Crippen LogP contribution >= 0.6 is 15.9 Å². The second-order valence-electron chi connectivity index (χ2n) is 6.33. The molecule has 0 saturated heterocycles. The highest BCUT2D eigenvalue weighted by Gasteiger charge is 2.11. The van der Waals surface area contributed by atoms with Gasteiger partial charge in [-0.15, -0.1) is 0 Å². The van der Waals surface area contributed by atoms with E-state index < -0.39 is 5.97 Å². The van der Waals surface area contributed by atoms with E-state index in [2.05, 4.69) is 22.9 Å². The predicted octanol–water partition coefficient (Wildman–Crippen LogP) is 5.79. The number of unbranched alkanes of at least 4 members (excludes halogenated alkanes) is 1. The minimum absolute atomic E-state index is 0.0534.